The molecule has 1 unspecified atom stereocenters. The fraction of sp³-hybridized carbons (Fsp3) is 0.727. The number of hydrogen-bond donors (Lipinski definition) is 1. The number of nitrogens with zero attached hydrogens (tertiary/aromatic N) is 1. The topological polar surface area (TPSA) is 66.5 Å². The van der Waals surface area contributed by atoms with Crippen molar-refractivity contribution in [1.82, 2.24) is 10.2 Å². The number of likely N-dealkylation sites (tertiary alicyclic amines) is 1. The van der Waals surface area contributed by atoms with E-state index in [9.17, 15) is 14.4 Å². The molecule has 1 fully saturated rings. The van der Waals surface area contributed by atoms with E-state index >= 15 is 0 Å². The number of nitrogens with one attached hydrogen (secondary N) is 1. The highest BCUT2D eigenvalue weighted by Crippen LogP contribution is 2.18. The van der Waals surface area contributed by atoms with E-state index in [1.807, 2.05) is 6.26 Å². The average Bonchev–Trinajstić information content (AvgIpc) is 2.51. The Morgan fingerprint density at radius 1 is 1.53 bits per heavy atom. The van der Waals surface area contributed by atoms with Crippen LogP contribution in [-0.2, 0) is 14.4 Å². The van der Waals surface area contributed by atoms with Gasteiger partial charge in [-0.2, -0.15) is 11.8 Å². The smallest absolute Gasteiger partial charge is 0.232 e. The van der Waals surface area contributed by atoms with Gasteiger partial charge in [-0.1, -0.05) is 6.92 Å². The predicted octanol–water partition coefficient (Wildman–Crippen LogP) is 0.251. The van der Waals surface area contributed by atoms with Crippen LogP contribution in [0.25, 0.3) is 0 Å². The highest BCUT2D eigenvalue weighted by Gasteiger charge is 2.35. The van der Waals surface area contributed by atoms with Gasteiger partial charge in [0.2, 0.25) is 17.7 Å². The SMILES string of the molecule is CSCCNC(=O)CCN1C(=O)CC(C)C1=O. The Morgan fingerprint density at radius 3 is 2.76 bits per heavy atom. The monoisotopic (exact) mass is 258 g/mol. The fourth-order valence-corrected chi connectivity index (χ4v) is 1.98. The molecular weight excluding hydrogens is 240 g/mol. The third kappa shape index (κ3) is 4.03. The first-order chi connectivity index (χ1) is 8.06. The van der Waals surface area contributed by atoms with Crippen LogP contribution in [0.4, 0.5) is 0 Å². The summed E-state index contributed by atoms with van der Waals surface area (Å²) >= 11 is 1.65. The minimum atomic E-state index is -0.234. The van der Waals surface area contributed by atoms with E-state index in [0.717, 1.165) is 5.75 Å². The molecule has 1 N–H and O–H groups in total. The van der Waals surface area contributed by atoms with E-state index in [-0.39, 0.29) is 43.0 Å². The number of thioether (sulfide) groups is 1. The molecule has 96 valence electrons. The molecule has 6 heteroatoms. The number of amides is 3. The maximum absolute atomic E-state index is 11.6. The molecule has 1 aliphatic rings. The molecule has 17 heavy (non-hydrogen) atoms. The van der Waals surface area contributed by atoms with E-state index in [2.05, 4.69) is 5.32 Å². The molecule has 0 spiro atoms. The average molecular weight is 258 g/mol. The zero-order valence-corrected chi connectivity index (χ0v) is 11.0. The second-order valence-electron chi connectivity index (χ2n) is 4.08. The molecule has 0 bridgehead atoms. The summed E-state index contributed by atoms with van der Waals surface area (Å²) in [5.41, 5.74) is 0. The van der Waals surface area contributed by atoms with Gasteiger partial charge in [0.1, 0.15) is 0 Å². The first-order valence-electron chi connectivity index (χ1n) is 5.66. The van der Waals surface area contributed by atoms with E-state index in [0.29, 0.717) is 6.54 Å². The number of imide groups is 1. The summed E-state index contributed by atoms with van der Waals surface area (Å²) in [6.45, 7) is 2.56. The van der Waals surface area contributed by atoms with Gasteiger partial charge in [0.25, 0.3) is 0 Å². The summed E-state index contributed by atoms with van der Waals surface area (Å²) in [4.78, 5) is 35.6. The summed E-state index contributed by atoms with van der Waals surface area (Å²) in [6, 6.07) is 0. The van der Waals surface area contributed by atoms with Crippen molar-refractivity contribution >= 4 is 29.5 Å². The molecule has 5 nitrogen and oxygen atoms in total. The summed E-state index contributed by atoms with van der Waals surface area (Å²) in [7, 11) is 0. The zero-order chi connectivity index (χ0) is 12.8. The molecule has 1 rings (SSSR count). The van der Waals surface area contributed by atoms with Gasteiger partial charge in [0, 0.05) is 37.6 Å². The lowest BCUT2D eigenvalue weighted by molar-refractivity contribution is -0.139. The molecule has 0 aromatic carbocycles. The van der Waals surface area contributed by atoms with Crippen LogP contribution in [0.5, 0.6) is 0 Å². The van der Waals surface area contributed by atoms with E-state index in [4.69, 9.17) is 0 Å². The summed E-state index contributed by atoms with van der Waals surface area (Å²) in [6.07, 6.45) is 2.43. The third-order valence-electron chi connectivity index (χ3n) is 2.66. The fourth-order valence-electron chi connectivity index (χ4n) is 1.68. The van der Waals surface area contributed by atoms with Crippen molar-refractivity contribution in [1.29, 1.82) is 0 Å². The van der Waals surface area contributed by atoms with Crippen molar-refractivity contribution < 1.29 is 14.4 Å². The van der Waals surface area contributed by atoms with E-state index in [1.165, 1.54) is 4.90 Å². The van der Waals surface area contributed by atoms with Crippen molar-refractivity contribution in [3.05, 3.63) is 0 Å². The third-order valence-corrected chi connectivity index (χ3v) is 3.27. The van der Waals surface area contributed by atoms with Crippen LogP contribution < -0.4 is 5.32 Å². The lowest BCUT2D eigenvalue weighted by Crippen LogP contribution is -2.35. The molecule has 0 radical (unpaired) electrons. The Morgan fingerprint density at radius 2 is 2.24 bits per heavy atom. The number of hydrogen-bond acceptors (Lipinski definition) is 4. The van der Waals surface area contributed by atoms with Gasteiger partial charge in [0.15, 0.2) is 0 Å². The van der Waals surface area contributed by atoms with Crippen LogP contribution in [-0.4, -0.2) is 47.7 Å². The van der Waals surface area contributed by atoms with Crippen LogP contribution in [0.15, 0.2) is 0 Å². The zero-order valence-electron chi connectivity index (χ0n) is 10.2. The first-order valence-corrected chi connectivity index (χ1v) is 7.05. The summed E-state index contributed by atoms with van der Waals surface area (Å²) < 4.78 is 0. The minimum absolute atomic E-state index is 0.112. The highest BCUT2D eigenvalue weighted by atomic mass is 32.2. The van der Waals surface area contributed by atoms with Crippen molar-refractivity contribution in [2.24, 2.45) is 5.92 Å². The molecule has 0 aliphatic carbocycles. The standard InChI is InChI=1S/C11H18N2O3S/c1-8-7-10(15)13(11(8)16)5-3-9(14)12-4-6-17-2/h8H,3-7H2,1-2H3,(H,12,14). The number of rotatable bonds is 6. The van der Waals surface area contributed by atoms with Crippen LogP contribution in [0.2, 0.25) is 0 Å². The minimum Gasteiger partial charge on any atom is -0.355 e. The molecule has 0 aromatic rings. The molecule has 0 aromatic heterocycles. The first kappa shape index (κ1) is 14.0. The maximum Gasteiger partial charge on any atom is 0.232 e. The number of carbonyl (C=O) groups excluding carboxylic acids is 3. The molecule has 0 saturated carbocycles. The molecule has 1 saturated heterocycles. The number of carbonyl (C=O) groups is 3. The molecule has 3 amide bonds. The predicted molar refractivity (Wildman–Crippen MR) is 66.5 cm³/mol. The summed E-state index contributed by atoms with van der Waals surface area (Å²) in [5.74, 6) is 0.192. The Balaban J connectivity index is 2.28. The van der Waals surface area contributed by atoms with Gasteiger partial charge >= 0.3 is 0 Å². The van der Waals surface area contributed by atoms with Gasteiger partial charge in [0.05, 0.1) is 0 Å². The van der Waals surface area contributed by atoms with Crippen LogP contribution in [0, 0.1) is 5.92 Å². The highest BCUT2D eigenvalue weighted by molar-refractivity contribution is 7.98. The Labute approximate surface area is 105 Å². The second kappa shape index (κ2) is 6.64. The van der Waals surface area contributed by atoms with Crippen LogP contribution in [0.1, 0.15) is 19.8 Å². The molecule has 1 atom stereocenters. The van der Waals surface area contributed by atoms with Gasteiger partial charge in [-0.15, -0.1) is 0 Å². The lowest BCUT2D eigenvalue weighted by Gasteiger charge is -2.13. The second-order valence-corrected chi connectivity index (χ2v) is 5.07. The Hall–Kier alpha value is -1.04. The Kier molecular flexibility index (Phi) is 5.47. The quantitative estimate of drug-likeness (QED) is 0.548. The van der Waals surface area contributed by atoms with Gasteiger partial charge in [-0.05, 0) is 6.26 Å². The molecule has 1 aliphatic heterocycles. The Bertz CT molecular complexity index is 320. The molecular formula is C11H18N2O3S. The summed E-state index contributed by atoms with van der Waals surface area (Å²) in [5, 5.41) is 2.74. The largest absolute Gasteiger partial charge is 0.355 e. The molecule has 1 heterocycles. The van der Waals surface area contributed by atoms with Crippen molar-refractivity contribution in [2.75, 3.05) is 25.1 Å². The normalized spacial score (nSPS) is 19.9. The van der Waals surface area contributed by atoms with E-state index in [1.54, 1.807) is 18.7 Å². The van der Waals surface area contributed by atoms with Crippen molar-refractivity contribution in [3.8, 4) is 0 Å². The van der Waals surface area contributed by atoms with Crippen LogP contribution >= 0.6 is 11.8 Å². The maximum atomic E-state index is 11.6. The van der Waals surface area contributed by atoms with Crippen molar-refractivity contribution in [3.63, 3.8) is 0 Å². The van der Waals surface area contributed by atoms with Crippen LogP contribution in [0.3, 0.4) is 0 Å². The van der Waals surface area contributed by atoms with Gasteiger partial charge < -0.3 is 5.32 Å². The lowest BCUT2D eigenvalue weighted by atomic mass is 10.1. The van der Waals surface area contributed by atoms with Gasteiger partial charge in [-0.25, -0.2) is 0 Å². The van der Waals surface area contributed by atoms with E-state index < -0.39 is 0 Å². The van der Waals surface area contributed by atoms with Gasteiger partial charge in [-0.3, -0.25) is 19.3 Å². The van der Waals surface area contributed by atoms with Crippen molar-refractivity contribution in [2.45, 2.75) is 19.8 Å².